The van der Waals surface area contributed by atoms with Gasteiger partial charge in [0.05, 0.1) is 0 Å². The van der Waals surface area contributed by atoms with Crippen LogP contribution in [0.4, 0.5) is 5.13 Å². The van der Waals surface area contributed by atoms with Gasteiger partial charge in [0.2, 0.25) is 0 Å². The van der Waals surface area contributed by atoms with Crippen LogP contribution in [0.2, 0.25) is 0 Å². The fourth-order valence-electron chi connectivity index (χ4n) is 2.35. The highest BCUT2D eigenvalue weighted by molar-refractivity contribution is 7.13. The van der Waals surface area contributed by atoms with E-state index in [2.05, 4.69) is 14.9 Å². The zero-order valence-electron chi connectivity index (χ0n) is 12.5. The Balaban J connectivity index is 1.54. The number of carbonyl (C=O) groups excluding carboxylic acids is 1. The van der Waals surface area contributed by atoms with Crippen molar-refractivity contribution in [3.63, 3.8) is 0 Å². The average Bonchev–Trinajstić information content (AvgIpc) is 3.24. The van der Waals surface area contributed by atoms with Gasteiger partial charge < -0.3 is 25.7 Å². The molecule has 1 aliphatic rings. The molecule has 0 atom stereocenters. The minimum Gasteiger partial charge on any atom is -0.454 e. The normalized spacial score (nSPS) is 15.9. The molecule has 8 nitrogen and oxygen atoms in total. The van der Waals surface area contributed by atoms with Crippen molar-refractivity contribution in [2.45, 2.75) is 6.54 Å². The molecule has 0 saturated carbocycles. The highest BCUT2D eigenvalue weighted by atomic mass is 32.1. The lowest BCUT2D eigenvalue weighted by atomic mass is 10.3. The maximum atomic E-state index is 11.0. The molecule has 2 aromatic rings. The van der Waals surface area contributed by atoms with Crippen molar-refractivity contribution in [3.8, 4) is 0 Å². The molecular weight excluding hydrogens is 316 g/mol. The third-order valence-corrected chi connectivity index (χ3v) is 4.43. The Labute approximate surface area is 137 Å². The maximum absolute atomic E-state index is 11.0. The molecule has 3 rings (SSSR count). The van der Waals surface area contributed by atoms with E-state index >= 15 is 0 Å². The molecule has 122 valence electrons. The van der Waals surface area contributed by atoms with Crippen molar-refractivity contribution < 1.29 is 9.21 Å². The number of thiazole rings is 1. The average molecular weight is 334 g/mol. The smallest absolute Gasteiger partial charge is 0.284 e. The van der Waals surface area contributed by atoms with Crippen LogP contribution >= 0.6 is 11.3 Å². The fraction of sp³-hybridized carbons (Fsp3) is 0.357. The zero-order chi connectivity index (χ0) is 16.2. The van der Waals surface area contributed by atoms with Crippen molar-refractivity contribution in [1.29, 1.82) is 0 Å². The predicted octanol–water partition coefficient (Wildman–Crippen LogP) is 0.472. The fourth-order valence-corrected chi connectivity index (χ4v) is 3.05. The van der Waals surface area contributed by atoms with Crippen LogP contribution in [0.1, 0.15) is 16.3 Å². The van der Waals surface area contributed by atoms with Gasteiger partial charge in [-0.25, -0.2) is 9.98 Å². The van der Waals surface area contributed by atoms with E-state index < -0.39 is 5.91 Å². The Morgan fingerprint density at radius 2 is 2.09 bits per heavy atom. The Kier molecular flexibility index (Phi) is 4.47. The van der Waals surface area contributed by atoms with Crippen molar-refractivity contribution in [1.82, 2.24) is 9.88 Å². The highest BCUT2D eigenvalue weighted by Crippen LogP contribution is 2.18. The number of furan rings is 1. The molecule has 0 bridgehead atoms. The standard InChI is InChI=1S/C14H18N6O2S/c15-12(21)11-2-1-10(22-11)9-18-13(16)19-4-6-20(7-5-19)14-17-3-8-23-14/h1-3,8H,4-7,9H2,(H2,15,21)(H2,16,18). The molecule has 2 aromatic heterocycles. The monoisotopic (exact) mass is 334 g/mol. The molecule has 1 fully saturated rings. The number of anilines is 1. The van der Waals surface area contributed by atoms with Gasteiger partial charge in [-0.05, 0) is 12.1 Å². The molecule has 4 N–H and O–H groups in total. The van der Waals surface area contributed by atoms with Gasteiger partial charge >= 0.3 is 0 Å². The number of nitrogens with zero attached hydrogens (tertiary/aromatic N) is 4. The lowest BCUT2D eigenvalue weighted by Gasteiger charge is -2.35. The number of hydrogen-bond donors (Lipinski definition) is 2. The van der Waals surface area contributed by atoms with Crippen LogP contribution in [0.15, 0.2) is 33.1 Å². The number of aromatic nitrogens is 1. The topological polar surface area (TPSA) is 114 Å². The van der Waals surface area contributed by atoms with Gasteiger partial charge in [-0.15, -0.1) is 11.3 Å². The molecule has 0 spiro atoms. The van der Waals surface area contributed by atoms with Crippen LogP contribution in [-0.4, -0.2) is 47.9 Å². The third-order valence-electron chi connectivity index (χ3n) is 3.59. The summed E-state index contributed by atoms with van der Waals surface area (Å²) in [6.07, 6.45) is 1.81. The molecule has 1 aliphatic heterocycles. The van der Waals surface area contributed by atoms with Crippen molar-refractivity contribution in [2.75, 3.05) is 31.1 Å². The van der Waals surface area contributed by atoms with Gasteiger partial charge in [-0.1, -0.05) is 0 Å². The van der Waals surface area contributed by atoms with Gasteiger partial charge in [0.25, 0.3) is 5.91 Å². The van der Waals surface area contributed by atoms with Gasteiger partial charge in [0.1, 0.15) is 12.3 Å². The second-order valence-corrected chi connectivity index (χ2v) is 5.97. The first kappa shape index (κ1) is 15.3. The summed E-state index contributed by atoms with van der Waals surface area (Å²) in [6, 6.07) is 3.22. The molecule has 0 aromatic carbocycles. The highest BCUT2D eigenvalue weighted by Gasteiger charge is 2.19. The SMILES string of the molecule is NC(=O)c1ccc(CN=C(N)N2CCN(c3nccs3)CC2)o1. The lowest BCUT2D eigenvalue weighted by Crippen LogP contribution is -2.51. The van der Waals surface area contributed by atoms with Crippen molar-refractivity contribution >= 4 is 28.3 Å². The molecule has 9 heteroatoms. The number of guanidine groups is 1. The van der Waals surface area contributed by atoms with Gasteiger partial charge in [0.15, 0.2) is 16.9 Å². The Hall–Kier alpha value is -2.55. The van der Waals surface area contributed by atoms with Gasteiger partial charge in [0, 0.05) is 37.8 Å². The number of nitrogens with two attached hydrogens (primary N) is 2. The first-order valence-electron chi connectivity index (χ1n) is 7.21. The molecule has 0 radical (unpaired) electrons. The molecular formula is C14H18N6O2S. The molecule has 1 saturated heterocycles. The van der Waals surface area contributed by atoms with Crippen LogP contribution in [0.25, 0.3) is 0 Å². The number of aliphatic imine (C=N–C) groups is 1. The maximum Gasteiger partial charge on any atom is 0.284 e. The number of hydrogen-bond acceptors (Lipinski definition) is 6. The van der Waals surface area contributed by atoms with E-state index in [0.29, 0.717) is 11.7 Å². The van der Waals surface area contributed by atoms with E-state index in [4.69, 9.17) is 15.9 Å². The van der Waals surface area contributed by atoms with E-state index in [0.717, 1.165) is 31.3 Å². The molecule has 0 aliphatic carbocycles. The minimum atomic E-state index is -0.591. The summed E-state index contributed by atoms with van der Waals surface area (Å²) in [6.45, 7) is 3.58. The van der Waals surface area contributed by atoms with Gasteiger partial charge in [-0.3, -0.25) is 4.79 Å². The summed E-state index contributed by atoms with van der Waals surface area (Å²) in [5.74, 6) is 0.571. The zero-order valence-corrected chi connectivity index (χ0v) is 13.3. The molecule has 23 heavy (non-hydrogen) atoms. The Morgan fingerprint density at radius 1 is 1.30 bits per heavy atom. The lowest BCUT2D eigenvalue weighted by molar-refractivity contribution is 0.0972. The number of rotatable bonds is 4. The van der Waals surface area contributed by atoms with Crippen LogP contribution < -0.4 is 16.4 Å². The Bertz CT molecular complexity index is 688. The largest absolute Gasteiger partial charge is 0.454 e. The summed E-state index contributed by atoms with van der Waals surface area (Å²) >= 11 is 1.64. The van der Waals surface area contributed by atoms with Crippen LogP contribution in [0.3, 0.4) is 0 Å². The molecule has 3 heterocycles. The molecule has 0 unspecified atom stereocenters. The predicted molar refractivity (Wildman–Crippen MR) is 88.5 cm³/mol. The first-order chi connectivity index (χ1) is 11.1. The second kappa shape index (κ2) is 6.69. The van der Waals surface area contributed by atoms with Crippen LogP contribution in [0.5, 0.6) is 0 Å². The first-order valence-corrected chi connectivity index (χ1v) is 8.09. The molecule has 1 amide bonds. The van der Waals surface area contributed by atoms with E-state index in [9.17, 15) is 4.79 Å². The summed E-state index contributed by atoms with van der Waals surface area (Å²) in [5.41, 5.74) is 11.2. The minimum absolute atomic E-state index is 0.130. The number of primary amides is 1. The summed E-state index contributed by atoms with van der Waals surface area (Å²) in [4.78, 5) is 23.9. The number of piperazine rings is 1. The van der Waals surface area contributed by atoms with E-state index in [-0.39, 0.29) is 12.3 Å². The summed E-state index contributed by atoms with van der Waals surface area (Å²) in [7, 11) is 0. The van der Waals surface area contributed by atoms with Crippen molar-refractivity contribution in [3.05, 3.63) is 35.2 Å². The van der Waals surface area contributed by atoms with Crippen LogP contribution in [0, 0.1) is 0 Å². The number of amides is 1. The second-order valence-electron chi connectivity index (χ2n) is 5.09. The van der Waals surface area contributed by atoms with E-state index in [1.54, 1.807) is 17.4 Å². The summed E-state index contributed by atoms with van der Waals surface area (Å²) in [5, 5.41) is 3.01. The van der Waals surface area contributed by atoms with Gasteiger partial charge in [-0.2, -0.15) is 0 Å². The van der Waals surface area contributed by atoms with E-state index in [1.165, 1.54) is 6.07 Å². The van der Waals surface area contributed by atoms with Crippen molar-refractivity contribution in [2.24, 2.45) is 16.5 Å². The van der Waals surface area contributed by atoms with E-state index in [1.807, 2.05) is 16.5 Å². The quantitative estimate of drug-likeness (QED) is 0.620. The van der Waals surface area contributed by atoms with Crippen LogP contribution in [-0.2, 0) is 6.54 Å². The Morgan fingerprint density at radius 3 is 2.70 bits per heavy atom. The third kappa shape index (κ3) is 3.62. The summed E-state index contributed by atoms with van der Waals surface area (Å²) < 4.78 is 5.28. The number of carbonyl (C=O) groups is 1.